The molecule has 0 aromatic carbocycles. The van der Waals surface area contributed by atoms with Gasteiger partial charge in [-0.1, -0.05) is 45.6 Å². The molecule has 0 aliphatic carbocycles. The highest BCUT2D eigenvalue weighted by Gasteiger charge is 2.18. The summed E-state index contributed by atoms with van der Waals surface area (Å²) in [6, 6.07) is 4.24. The van der Waals surface area contributed by atoms with Crippen molar-refractivity contribution in [2.75, 3.05) is 0 Å². The van der Waals surface area contributed by atoms with Crippen LogP contribution in [0.5, 0.6) is 0 Å². The van der Waals surface area contributed by atoms with Gasteiger partial charge < -0.3 is 0 Å². The van der Waals surface area contributed by atoms with E-state index in [1.807, 2.05) is 12.3 Å². The van der Waals surface area contributed by atoms with Gasteiger partial charge in [0.05, 0.1) is 11.7 Å². The number of pyridine rings is 1. The Morgan fingerprint density at radius 1 is 1.39 bits per heavy atom. The molecule has 0 fully saturated rings. The van der Waals surface area contributed by atoms with Crippen LogP contribution in [0, 0.1) is 12.8 Å². The molecule has 1 heterocycles. The van der Waals surface area contributed by atoms with Gasteiger partial charge in [-0.2, -0.15) is 0 Å². The maximum absolute atomic E-state index is 5.72. The number of rotatable bonds is 8. The molecular weight excluding hydrogens is 222 g/mol. The van der Waals surface area contributed by atoms with Crippen LogP contribution >= 0.6 is 0 Å². The second-order valence-electron chi connectivity index (χ2n) is 5.08. The molecule has 2 atom stereocenters. The number of nitrogens with one attached hydrogen (secondary N) is 1. The molecule has 3 nitrogen and oxygen atoms in total. The monoisotopic (exact) mass is 249 g/mol. The topological polar surface area (TPSA) is 50.9 Å². The van der Waals surface area contributed by atoms with E-state index in [1.54, 1.807) is 0 Å². The van der Waals surface area contributed by atoms with Crippen LogP contribution in [0.4, 0.5) is 0 Å². The third kappa shape index (κ3) is 4.39. The lowest BCUT2D eigenvalue weighted by Crippen LogP contribution is -2.31. The van der Waals surface area contributed by atoms with Crippen molar-refractivity contribution < 1.29 is 0 Å². The van der Waals surface area contributed by atoms with Crippen molar-refractivity contribution in [2.45, 2.75) is 58.9 Å². The number of hydrogen-bond donors (Lipinski definition) is 2. The van der Waals surface area contributed by atoms with Crippen LogP contribution in [0.2, 0.25) is 0 Å². The average molecular weight is 249 g/mol. The summed E-state index contributed by atoms with van der Waals surface area (Å²) in [5.74, 6) is 6.44. The van der Waals surface area contributed by atoms with Gasteiger partial charge in [0.15, 0.2) is 0 Å². The van der Waals surface area contributed by atoms with E-state index in [9.17, 15) is 0 Å². The lowest BCUT2D eigenvalue weighted by atomic mass is 9.90. The molecule has 1 aromatic heterocycles. The molecule has 0 aliphatic heterocycles. The van der Waals surface area contributed by atoms with Crippen LogP contribution in [0.15, 0.2) is 18.3 Å². The first-order valence-electron chi connectivity index (χ1n) is 7.10. The molecule has 0 bridgehead atoms. The van der Waals surface area contributed by atoms with Crippen LogP contribution < -0.4 is 11.3 Å². The van der Waals surface area contributed by atoms with E-state index in [2.05, 4.69) is 37.2 Å². The first kappa shape index (κ1) is 15.1. The van der Waals surface area contributed by atoms with Gasteiger partial charge in [-0.05, 0) is 30.9 Å². The minimum absolute atomic E-state index is 0.174. The number of aryl methyl sites for hydroxylation is 1. The van der Waals surface area contributed by atoms with Gasteiger partial charge in [0.2, 0.25) is 0 Å². The molecule has 0 saturated heterocycles. The molecule has 1 rings (SSSR count). The van der Waals surface area contributed by atoms with Crippen LogP contribution in [0.1, 0.15) is 63.3 Å². The molecule has 3 heteroatoms. The lowest BCUT2D eigenvalue weighted by Gasteiger charge is -2.23. The van der Waals surface area contributed by atoms with Gasteiger partial charge >= 0.3 is 0 Å². The fourth-order valence-electron chi connectivity index (χ4n) is 2.44. The Bertz CT molecular complexity index is 338. The number of unbranched alkanes of at least 4 members (excludes halogenated alkanes) is 1. The smallest absolute Gasteiger partial charge is 0.0637 e. The summed E-state index contributed by atoms with van der Waals surface area (Å²) < 4.78 is 0. The Kier molecular flexibility index (Phi) is 6.91. The summed E-state index contributed by atoms with van der Waals surface area (Å²) >= 11 is 0. The normalized spacial score (nSPS) is 14.4. The van der Waals surface area contributed by atoms with E-state index in [0.29, 0.717) is 0 Å². The average Bonchev–Trinajstić information content (AvgIpc) is 2.40. The fraction of sp³-hybridized carbons (Fsp3) is 0.667. The van der Waals surface area contributed by atoms with Crippen molar-refractivity contribution >= 4 is 0 Å². The number of aromatic nitrogens is 1. The third-order valence-corrected chi connectivity index (χ3v) is 3.69. The minimum atomic E-state index is 0.174. The molecule has 0 aliphatic rings. The van der Waals surface area contributed by atoms with Gasteiger partial charge in [0, 0.05) is 6.20 Å². The van der Waals surface area contributed by atoms with Gasteiger partial charge in [0.1, 0.15) is 0 Å². The SMILES string of the molecule is CCCCC(CC)CC(NN)c1ncccc1C. The Morgan fingerprint density at radius 2 is 2.17 bits per heavy atom. The maximum Gasteiger partial charge on any atom is 0.0637 e. The minimum Gasteiger partial charge on any atom is -0.271 e. The Labute approximate surface area is 111 Å². The highest BCUT2D eigenvalue weighted by molar-refractivity contribution is 5.20. The number of hydrazine groups is 1. The highest BCUT2D eigenvalue weighted by atomic mass is 15.2. The number of nitrogens with two attached hydrogens (primary N) is 1. The lowest BCUT2D eigenvalue weighted by molar-refractivity contribution is 0.351. The molecule has 1 aromatic rings. The van der Waals surface area contributed by atoms with E-state index in [-0.39, 0.29) is 6.04 Å². The van der Waals surface area contributed by atoms with Gasteiger partial charge in [-0.25, -0.2) is 0 Å². The third-order valence-electron chi connectivity index (χ3n) is 3.69. The first-order valence-corrected chi connectivity index (χ1v) is 7.10. The van der Waals surface area contributed by atoms with E-state index in [4.69, 9.17) is 5.84 Å². The van der Waals surface area contributed by atoms with E-state index >= 15 is 0 Å². The zero-order valence-corrected chi connectivity index (χ0v) is 11.9. The van der Waals surface area contributed by atoms with Crippen molar-refractivity contribution in [2.24, 2.45) is 11.8 Å². The standard InChI is InChI=1S/C15H27N3/c1-4-6-9-13(5-2)11-14(18-16)15-12(3)8-7-10-17-15/h7-8,10,13-14,18H,4-6,9,11,16H2,1-3H3. The van der Waals surface area contributed by atoms with E-state index < -0.39 is 0 Å². The maximum atomic E-state index is 5.72. The molecule has 18 heavy (non-hydrogen) atoms. The van der Waals surface area contributed by atoms with E-state index in [1.165, 1.54) is 31.2 Å². The van der Waals surface area contributed by atoms with Crippen LogP contribution in [-0.4, -0.2) is 4.98 Å². The number of nitrogens with zero attached hydrogens (tertiary/aromatic N) is 1. The van der Waals surface area contributed by atoms with Crippen molar-refractivity contribution in [3.8, 4) is 0 Å². The zero-order chi connectivity index (χ0) is 13.4. The van der Waals surface area contributed by atoms with Crippen molar-refractivity contribution in [1.29, 1.82) is 0 Å². The largest absolute Gasteiger partial charge is 0.271 e. The van der Waals surface area contributed by atoms with Crippen molar-refractivity contribution in [3.05, 3.63) is 29.6 Å². The van der Waals surface area contributed by atoms with Crippen molar-refractivity contribution in [1.82, 2.24) is 10.4 Å². The summed E-state index contributed by atoms with van der Waals surface area (Å²) in [6.45, 7) is 6.60. The highest BCUT2D eigenvalue weighted by Crippen LogP contribution is 2.26. The first-order chi connectivity index (χ1) is 8.72. The summed E-state index contributed by atoms with van der Waals surface area (Å²) in [6.07, 6.45) is 7.99. The van der Waals surface area contributed by atoms with Gasteiger partial charge in [0.25, 0.3) is 0 Å². The zero-order valence-electron chi connectivity index (χ0n) is 11.9. The molecule has 0 amide bonds. The summed E-state index contributed by atoms with van der Waals surface area (Å²) in [5.41, 5.74) is 5.24. The molecule has 2 unspecified atom stereocenters. The van der Waals surface area contributed by atoms with Gasteiger partial charge in [-0.15, -0.1) is 0 Å². The second kappa shape index (κ2) is 8.22. The summed E-state index contributed by atoms with van der Waals surface area (Å²) in [7, 11) is 0. The molecule has 0 saturated carbocycles. The van der Waals surface area contributed by atoms with Crippen LogP contribution in [0.25, 0.3) is 0 Å². The molecule has 0 spiro atoms. The van der Waals surface area contributed by atoms with Gasteiger partial charge in [-0.3, -0.25) is 16.3 Å². The summed E-state index contributed by atoms with van der Waals surface area (Å²) in [4.78, 5) is 4.47. The molecule has 3 N–H and O–H groups in total. The fourth-order valence-corrected chi connectivity index (χ4v) is 2.44. The van der Waals surface area contributed by atoms with Crippen LogP contribution in [-0.2, 0) is 0 Å². The quantitative estimate of drug-likeness (QED) is 0.547. The summed E-state index contributed by atoms with van der Waals surface area (Å²) in [5, 5.41) is 0. The Morgan fingerprint density at radius 3 is 2.72 bits per heavy atom. The number of hydrogen-bond acceptors (Lipinski definition) is 3. The van der Waals surface area contributed by atoms with Crippen molar-refractivity contribution in [3.63, 3.8) is 0 Å². The molecule has 102 valence electrons. The predicted octanol–water partition coefficient (Wildman–Crippen LogP) is 3.50. The van der Waals surface area contributed by atoms with Crippen LogP contribution in [0.3, 0.4) is 0 Å². The second-order valence-corrected chi connectivity index (χ2v) is 5.08. The molecule has 0 radical (unpaired) electrons. The predicted molar refractivity (Wildman–Crippen MR) is 77.0 cm³/mol. The Balaban J connectivity index is 2.68. The molecular formula is C15H27N3. The van der Waals surface area contributed by atoms with E-state index in [0.717, 1.165) is 18.0 Å². The Hall–Kier alpha value is -0.930.